The third kappa shape index (κ3) is 3.82. The molecule has 2 aromatic carbocycles. The van der Waals surface area contributed by atoms with Crippen molar-refractivity contribution >= 4 is 28.4 Å². The Labute approximate surface area is 173 Å². The third-order valence-electron chi connectivity index (χ3n) is 5.06. The Morgan fingerprint density at radius 2 is 1.97 bits per heavy atom. The van der Waals surface area contributed by atoms with E-state index in [4.69, 9.17) is 0 Å². The van der Waals surface area contributed by atoms with Crippen LogP contribution in [-0.2, 0) is 6.42 Å². The minimum Gasteiger partial charge on any atom is -0.360 e. The number of thioether (sulfide) groups is 1. The predicted molar refractivity (Wildman–Crippen MR) is 116 cm³/mol. The summed E-state index contributed by atoms with van der Waals surface area (Å²) in [6, 6.07) is 14.2. The van der Waals surface area contributed by atoms with E-state index in [1.807, 2.05) is 24.3 Å². The molecule has 0 atom stereocenters. The topological polar surface area (TPSA) is 76.5 Å². The number of nitrogens with one attached hydrogen (secondary N) is 1. The number of carbonyl (C=O) groups excluding carboxylic acids is 1. The van der Waals surface area contributed by atoms with Crippen molar-refractivity contribution in [2.24, 2.45) is 0 Å². The van der Waals surface area contributed by atoms with Crippen LogP contribution in [0.3, 0.4) is 0 Å². The highest BCUT2D eigenvalue weighted by Crippen LogP contribution is 2.26. The first-order valence-corrected chi connectivity index (χ1v) is 10.7. The Balaban J connectivity index is 1.52. The van der Waals surface area contributed by atoms with Crippen molar-refractivity contribution in [1.29, 1.82) is 0 Å². The zero-order valence-electron chi connectivity index (χ0n) is 16.7. The largest absolute Gasteiger partial charge is 0.360 e. The number of Topliss-reactive ketones (excluding diaryl/α,β-unsaturated/α-hetero) is 1. The lowest BCUT2D eigenvalue weighted by Gasteiger charge is -2.07. The van der Waals surface area contributed by atoms with Crippen LogP contribution in [0.2, 0.25) is 0 Å². The average Bonchev–Trinajstić information content (AvgIpc) is 3.39. The van der Waals surface area contributed by atoms with E-state index in [1.54, 1.807) is 10.9 Å². The zero-order chi connectivity index (χ0) is 20.4. The number of nitrogens with zero attached hydrogens (tertiary/aromatic N) is 4. The molecule has 0 saturated heterocycles. The maximum absolute atomic E-state index is 12.9. The number of para-hydroxylation sites is 1. The molecule has 0 saturated carbocycles. The number of aryl methyl sites for hydroxylation is 1. The van der Waals surface area contributed by atoms with Gasteiger partial charge in [-0.1, -0.05) is 62.9 Å². The van der Waals surface area contributed by atoms with E-state index < -0.39 is 0 Å². The number of tetrazole rings is 1. The summed E-state index contributed by atoms with van der Waals surface area (Å²) in [5.74, 6) is 0.793. The molecule has 6 nitrogen and oxygen atoms in total. The summed E-state index contributed by atoms with van der Waals surface area (Å²) >= 11 is 1.35. The second-order valence-electron chi connectivity index (χ2n) is 7.23. The van der Waals surface area contributed by atoms with Gasteiger partial charge >= 0.3 is 0 Å². The Morgan fingerprint density at radius 1 is 1.17 bits per heavy atom. The van der Waals surface area contributed by atoms with Crippen LogP contribution in [0, 0.1) is 0 Å². The van der Waals surface area contributed by atoms with E-state index in [0.29, 0.717) is 16.6 Å². The van der Waals surface area contributed by atoms with Gasteiger partial charge in [-0.25, -0.2) is 0 Å². The van der Waals surface area contributed by atoms with Gasteiger partial charge in [-0.15, -0.1) is 5.10 Å². The van der Waals surface area contributed by atoms with Crippen LogP contribution in [0.4, 0.5) is 0 Å². The van der Waals surface area contributed by atoms with Gasteiger partial charge in [0.2, 0.25) is 5.16 Å². The molecule has 4 rings (SSSR count). The number of benzene rings is 2. The molecule has 148 valence electrons. The number of aromatic nitrogens is 5. The molecule has 7 heteroatoms. The summed E-state index contributed by atoms with van der Waals surface area (Å²) in [5.41, 5.74) is 5.11. The summed E-state index contributed by atoms with van der Waals surface area (Å²) in [5, 5.41) is 13.6. The molecule has 0 spiro atoms. The first-order valence-electron chi connectivity index (χ1n) is 9.72. The summed E-state index contributed by atoms with van der Waals surface area (Å²) in [6.45, 7) is 6.43. The van der Waals surface area contributed by atoms with Crippen LogP contribution < -0.4 is 0 Å². The van der Waals surface area contributed by atoms with Crippen LogP contribution >= 0.6 is 11.8 Å². The Bertz CT molecular complexity index is 1140. The number of ketones is 1. The predicted octanol–water partition coefficient (Wildman–Crippen LogP) is 4.80. The summed E-state index contributed by atoms with van der Waals surface area (Å²) < 4.78 is 1.67. The van der Waals surface area contributed by atoms with Gasteiger partial charge in [-0.05, 0) is 46.0 Å². The summed E-state index contributed by atoms with van der Waals surface area (Å²) in [7, 11) is 0. The number of hydrogen-bond donors (Lipinski definition) is 1. The van der Waals surface area contributed by atoms with Crippen LogP contribution in [0.1, 0.15) is 48.2 Å². The maximum Gasteiger partial charge on any atom is 0.214 e. The smallest absolute Gasteiger partial charge is 0.214 e. The number of aromatic amines is 1. The fraction of sp³-hybridized carbons (Fsp3) is 0.273. The SMILES string of the molecule is CCc1cccc2c(C(=O)CSc3nnnn3-c3ccc(C(C)C)cc3)c[nH]c12. The zero-order valence-corrected chi connectivity index (χ0v) is 17.5. The second kappa shape index (κ2) is 8.21. The summed E-state index contributed by atoms with van der Waals surface area (Å²) in [4.78, 5) is 16.1. The second-order valence-corrected chi connectivity index (χ2v) is 8.17. The standard InChI is InChI=1S/C22H23N5OS/c1-4-15-6-5-7-18-19(12-23-21(15)18)20(28)13-29-22-24-25-26-27(22)17-10-8-16(9-11-17)14(2)3/h5-12,14,23H,4,13H2,1-3H3. The normalized spacial score (nSPS) is 11.4. The molecule has 0 aliphatic heterocycles. The van der Waals surface area contributed by atoms with Crippen LogP contribution in [-0.4, -0.2) is 36.7 Å². The van der Waals surface area contributed by atoms with E-state index in [1.165, 1.54) is 22.9 Å². The molecule has 0 bridgehead atoms. The van der Waals surface area contributed by atoms with Crippen LogP contribution in [0.25, 0.3) is 16.6 Å². The highest BCUT2D eigenvalue weighted by Gasteiger charge is 2.16. The van der Waals surface area contributed by atoms with Gasteiger partial charge in [0, 0.05) is 22.7 Å². The van der Waals surface area contributed by atoms with Crippen molar-refractivity contribution in [2.75, 3.05) is 5.75 Å². The number of H-pyrrole nitrogens is 1. The van der Waals surface area contributed by atoms with E-state index in [-0.39, 0.29) is 11.5 Å². The molecule has 2 aromatic heterocycles. The van der Waals surface area contributed by atoms with Crippen LogP contribution in [0.5, 0.6) is 0 Å². The fourth-order valence-electron chi connectivity index (χ4n) is 3.38. The van der Waals surface area contributed by atoms with Crippen molar-refractivity contribution in [2.45, 2.75) is 38.3 Å². The van der Waals surface area contributed by atoms with Gasteiger partial charge in [0.1, 0.15) is 0 Å². The summed E-state index contributed by atoms with van der Waals surface area (Å²) in [6.07, 6.45) is 2.73. The van der Waals surface area contributed by atoms with E-state index in [9.17, 15) is 4.79 Å². The molecule has 1 N–H and O–H groups in total. The van der Waals surface area contributed by atoms with Gasteiger partial charge < -0.3 is 4.98 Å². The minimum atomic E-state index is 0.0548. The molecule has 29 heavy (non-hydrogen) atoms. The van der Waals surface area contributed by atoms with Gasteiger partial charge in [0.05, 0.1) is 11.4 Å². The van der Waals surface area contributed by atoms with Gasteiger partial charge in [-0.3, -0.25) is 4.79 Å². The third-order valence-corrected chi connectivity index (χ3v) is 5.98. The molecular weight excluding hydrogens is 382 g/mol. The number of rotatable bonds is 7. The quantitative estimate of drug-likeness (QED) is 0.353. The average molecular weight is 406 g/mol. The molecule has 2 heterocycles. The maximum atomic E-state index is 12.9. The molecule has 0 amide bonds. The monoisotopic (exact) mass is 405 g/mol. The van der Waals surface area contributed by atoms with Gasteiger partial charge in [-0.2, -0.15) is 4.68 Å². The molecule has 0 radical (unpaired) electrons. The van der Waals surface area contributed by atoms with Gasteiger partial charge in [0.15, 0.2) is 5.78 Å². The Morgan fingerprint density at radius 3 is 2.69 bits per heavy atom. The molecule has 0 aliphatic rings. The highest BCUT2D eigenvalue weighted by molar-refractivity contribution is 7.99. The van der Waals surface area contributed by atoms with Crippen molar-refractivity contribution in [1.82, 2.24) is 25.2 Å². The van der Waals surface area contributed by atoms with E-state index in [0.717, 1.165) is 23.0 Å². The van der Waals surface area contributed by atoms with Crippen molar-refractivity contribution in [3.63, 3.8) is 0 Å². The lowest BCUT2D eigenvalue weighted by molar-refractivity contribution is 0.102. The molecular formula is C22H23N5OS. The molecule has 0 fully saturated rings. The minimum absolute atomic E-state index is 0.0548. The Kier molecular flexibility index (Phi) is 5.49. The van der Waals surface area contributed by atoms with Crippen molar-refractivity contribution in [3.8, 4) is 5.69 Å². The van der Waals surface area contributed by atoms with Crippen molar-refractivity contribution in [3.05, 3.63) is 65.4 Å². The first kappa shape index (κ1) is 19.4. The first-order chi connectivity index (χ1) is 14.1. The van der Waals surface area contributed by atoms with Gasteiger partial charge in [0.25, 0.3) is 0 Å². The number of carbonyl (C=O) groups is 1. The highest BCUT2D eigenvalue weighted by atomic mass is 32.2. The lowest BCUT2D eigenvalue weighted by atomic mass is 10.0. The van der Waals surface area contributed by atoms with Crippen LogP contribution in [0.15, 0.2) is 53.8 Å². The number of hydrogen-bond acceptors (Lipinski definition) is 5. The van der Waals surface area contributed by atoms with E-state index >= 15 is 0 Å². The molecule has 0 aliphatic carbocycles. The lowest BCUT2D eigenvalue weighted by Crippen LogP contribution is -2.04. The van der Waals surface area contributed by atoms with E-state index in [2.05, 4.69) is 59.5 Å². The Hall–Kier alpha value is -2.93. The molecule has 0 unspecified atom stereocenters. The molecule has 4 aromatic rings. The van der Waals surface area contributed by atoms with Crippen molar-refractivity contribution < 1.29 is 4.79 Å². The fourth-order valence-corrected chi connectivity index (χ4v) is 4.16. The number of fused-ring (bicyclic) bond motifs is 1.